The van der Waals surface area contributed by atoms with Crippen LogP contribution in [0.15, 0.2) is 53.7 Å². The SMILES string of the molecule is C=C(C)COCCNS(=O)(=O)c1cccc2cnccc12. The summed E-state index contributed by atoms with van der Waals surface area (Å²) in [6.45, 7) is 6.52. The first-order chi connectivity index (χ1) is 10.0. The molecular formula is C15H18N2O3S. The predicted octanol–water partition coefficient (Wildman–Crippen LogP) is 2.11. The average molecular weight is 306 g/mol. The molecule has 0 aliphatic carbocycles. The van der Waals surface area contributed by atoms with Crippen molar-refractivity contribution in [1.82, 2.24) is 9.71 Å². The number of rotatable bonds is 7. The first-order valence-electron chi connectivity index (χ1n) is 6.55. The Kier molecular flexibility index (Phi) is 5.06. The van der Waals surface area contributed by atoms with E-state index in [1.165, 1.54) is 0 Å². The van der Waals surface area contributed by atoms with E-state index in [-0.39, 0.29) is 11.4 Å². The lowest BCUT2D eigenvalue weighted by Crippen LogP contribution is -2.27. The van der Waals surface area contributed by atoms with Crippen LogP contribution in [-0.2, 0) is 14.8 Å². The highest BCUT2D eigenvalue weighted by atomic mass is 32.2. The Morgan fingerprint density at radius 3 is 2.95 bits per heavy atom. The summed E-state index contributed by atoms with van der Waals surface area (Å²) in [5, 5.41) is 1.45. The highest BCUT2D eigenvalue weighted by Crippen LogP contribution is 2.21. The van der Waals surface area contributed by atoms with Gasteiger partial charge in [0.1, 0.15) is 0 Å². The number of nitrogens with zero attached hydrogens (tertiary/aromatic N) is 1. The highest BCUT2D eigenvalue weighted by Gasteiger charge is 2.16. The number of hydrogen-bond acceptors (Lipinski definition) is 4. The van der Waals surface area contributed by atoms with E-state index < -0.39 is 10.0 Å². The second-order valence-electron chi connectivity index (χ2n) is 4.76. The lowest BCUT2D eigenvalue weighted by atomic mass is 10.2. The number of hydrogen-bond donors (Lipinski definition) is 1. The van der Waals surface area contributed by atoms with Gasteiger partial charge in [-0.1, -0.05) is 24.3 Å². The van der Waals surface area contributed by atoms with Gasteiger partial charge in [0.05, 0.1) is 18.1 Å². The molecule has 0 saturated heterocycles. The zero-order valence-electron chi connectivity index (χ0n) is 11.9. The van der Waals surface area contributed by atoms with Crippen LogP contribution in [0.25, 0.3) is 10.8 Å². The second-order valence-corrected chi connectivity index (χ2v) is 6.50. The summed E-state index contributed by atoms with van der Waals surface area (Å²) in [6.07, 6.45) is 3.22. The molecule has 21 heavy (non-hydrogen) atoms. The molecular weight excluding hydrogens is 288 g/mol. The molecule has 1 heterocycles. The van der Waals surface area contributed by atoms with Crippen LogP contribution in [0, 0.1) is 0 Å². The first kappa shape index (κ1) is 15.6. The van der Waals surface area contributed by atoms with E-state index in [0.717, 1.165) is 11.0 Å². The Labute approximate surface area is 124 Å². The second kappa shape index (κ2) is 6.80. The lowest BCUT2D eigenvalue weighted by molar-refractivity contribution is 0.162. The highest BCUT2D eigenvalue weighted by molar-refractivity contribution is 7.89. The Bertz CT molecular complexity index is 736. The van der Waals surface area contributed by atoms with Gasteiger partial charge in [-0.05, 0) is 19.1 Å². The standard InChI is InChI=1S/C15H18N2O3S/c1-12(2)11-20-9-8-17-21(18,19)15-5-3-4-13-10-16-7-6-14(13)15/h3-7,10,17H,1,8-9,11H2,2H3. The molecule has 0 aliphatic rings. The summed E-state index contributed by atoms with van der Waals surface area (Å²) < 4.78 is 32.5. The van der Waals surface area contributed by atoms with E-state index in [1.807, 2.05) is 13.0 Å². The molecule has 1 aromatic carbocycles. The minimum absolute atomic E-state index is 0.219. The van der Waals surface area contributed by atoms with Crippen molar-refractivity contribution in [3.05, 3.63) is 48.8 Å². The first-order valence-corrected chi connectivity index (χ1v) is 8.03. The molecule has 0 aliphatic heterocycles. The van der Waals surface area contributed by atoms with Gasteiger partial charge in [-0.15, -0.1) is 0 Å². The number of sulfonamides is 1. The quantitative estimate of drug-likeness (QED) is 0.628. The molecule has 0 fully saturated rings. The topological polar surface area (TPSA) is 68.3 Å². The van der Waals surface area contributed by atoms with Crippen LogP contribution in [0.4, 0.5) is 0 Å². The van der Waals surface area contributed by atoms with Crippen LogP contribution in [-0.4, -0.2) is 33.2 Å². The van der Waals surface area contributed by atoms with E-state index >= 15 is 0 Å². The molecule has 0 saturated carbocycles. The summed E-state index contributed by atoms with van der Waals surface area (Å²) in [4.78, 5) is 4.25. The van der Waals surface area contributed by atoms with Gasteiger partial charge in [0.25, 0.3) is 0 Å². The minimum Gasteiger partial charge on any atom is -0.376 e. The molecule has 112 valence electrons. The molecule has 0 unspecified atom stereocenters. The van der Waals surface area contributed by atoms with Crippen LogP contribution >= 0.6 is 0 Å². The van der Waals surface area contributed by atoms with Crippen molar-refractivity contribution in [3.8, 4) is 0 Å². The lowest BCUT2D eigenvalue weighted by Gasteiger charge is -2.09. The van der Waals surface area contributed by atoms with Crippen molar-refractivity contribution in [2.24, 2.45) is 0 Å². The maximum atomic E-state index is 12.3. The van der Waals surface area contributed by atoms with E-state index in [1.54, 1.807) is 30.6 Å². The molecule has 1 N–H and O–H groups in total. The van der Waals surface area contributed by atoms with Gasteiger partial charge in [0.15, 0.2) is 0 Å². The van der Waals surface area contributed by atoms with Crippen LogP contribution in [0.5, 0.6) is 0 Å². The Balaban J connectivity index is 2.10. The average Bonchev–Trinajstić information content (AvgIpc) is 2.46. The molecule has 0 spiro atoms. The van der Waals surface area contributed by atoms with Crippen LogP contribution < -0.4 is 4.72 Å². The van der Waals surface area contributed by atoms with Gasteiger partial charge in [-0.3, -0.25) is 4.98 Å². The summed E-state index contributed by atoms with van der Waals surface area (Å²) >= 11 is 0. The Morgan fingerprint density at radius 1 is 1.38 bits per heavy atom. The number of nitrogens with one attached hydrogen (secondary N) is 1. The van der Waals surface area contributed by atoms with E-state index in [4.69, 9.17) is 4.74 Å². The zero-order valence-corrected chi connectivity index (χ0v) is 12.7. The fraction of sp³-hybridized carbons (Fsp3) is 0.267. The predicted molar refractivity (Wildman–Crippen MR) is 82.6 cm³/mol. The van der Waals surface area contributed by atoms with Crippen molar-refractivity contribution < 1.29 is 13.2 Å². The molecule has 5 nitrogen and oxygen atoms in total. The third-order valence-electron chi connectivity index (χ3n) is 2.82. The normalized spacial score (nSPS) is 11.7. The van der Waals surface area contributed by atoms with Crippen molar-refractivity contribution in [3.63, 3.8) is 0 Å². The van der Waals surface area contributed by atoms with Gasteiger partial charge in [0.2, 0.25) is 10.0 Å². The van der Waals surface area contributed by atoms with Gasteiger partial charge < -0.3 is 4.74 Å². The van der Waals surface area contributed by atoms with Crippen LogP contribution in [0.2, 0.25) is 0 Å². The van der Waals surface area contributed by atoms with Crippen molar-refractivity contribution >= 4 is 20.8 Å². The number of aromatic nitrogens is 1. The van der Waals surface area contributed by atoms with Gasteiger partial charge >= 0.3 is 0 Å². The smallest absolute Gasteiger partial charge is 0.241 e. The van der Waals surface area contributed by atoms with Gasteiger partial charge in [0, 0.05) is 29.7 Å². The number of benzene rings is 1. The maximum absolute atomic E-state index is 12.3. The molecule has 1 aromatic heterocycles. The molecule has 2 aromatic rings. The van der Waals surface area contributed by atoms with Crippen molar-refractivity contribution in [2.45, 2.75) is 11.8 Å². The van der Waals surface area contributed by atoms with E-state index in [9.17, 15) is 8.42 Å². The monoisotopic (exact) mass is 306 g/mol. The fourth-order valence-corrected chi connectivity index (χ4v) is 3.14. The summed E-state index contributed by atoms with van der Waals surface area (Å²) in [7, 11) is -3.57. The molecule has 0 bridgehead atoms. The summed E-state index contributed by atoms with van der Waals surface area (Å²) in [5.74, 6) is 0. The van der Waals surface area contributed by atoms with Gasteiger partial charge in [-0.2, -0.15) is 0 Å². The van der Waals surface area contributed by atoms with E-state index in [0.29, 0.717) is 18.6 Å². The molecule has 6 heteroatoms. The van der Waals surface area contributed by atoms with Gasteiger partial charge in [-0.25, -0.2) is 13.1 Å². The number of ether oxygens (including phenoxy) is 1. The zero-order chi connectivity index (χ0) is 15.3. The molecule has 2 rings (SSSR count). The minimum atomic E-state index is -3.57. The molecule has 0 amide bonds. The number of pyridine rings is 1. The fourth-order valence-electron chi connectivity index (χ4n) is 1.90. The molecule has 0 atom stereocenters. The van der Waals surface area contributed by atoms with Crippen molar-refractivity contribution in [2.75, 3.05) is 19.8 Å². The van der Waals surface area contributed by atoms with Crippen molar-refractivity contribution in [1.29, 1.82) is 0 Å². The van der Waals surface area contributed by atoms with Crippen LogP contribution in [0.1, 0.15) is 6.92 Å². The maximum Gasteiger partial charge on any atom is 0.241 e. The van der Waals surface area contributed by atoms with E-state index in [2.05, 4.69) is 16.3 Å². The van der Waals surface area contributed by atoms with Crippen LogP contribution in [0.3, 0.4) is 0 Å². The third-order valence-corrected chi connectivity index (χ3v) is 4.34. The summed E-state index contributed by atoms with van der Waals surface area (Å²) in [5.41, 5.74) is 0.902. The molecule has 0 radical (unpaired) electrons. The summed E-state index contributed by atoms with van der Waals surface area (Å²) in [6, 6.07) is 6.81. The third kappa shape index (κ3) is 4.10. The largest absolute Gasteiger partial charge is 0.376 e. The Hall–Kier alpha value is -1.76. The Morgan fingerprint density at radius 2 is 2.19 bits per heavy atom. The number of fused-ring (bicyclic) bond motifs is 1.